The van der Waals surface area contributed by atoms with E-state index in [1.807, 2.05) is 0 Å². The monoisotopic (exact) mass is 278 g/mol. The minimum atomic E-state index is 0. The maximum atomic E-state index is 5.26. The van der Waals surface area contributed by atoms with Crippen molar-refractivity contribution < 1.29 is 4.74 Å². The highest BCUT2D eigenvalue weighted by Crippen LogP contribution is 2.20. The Labute approximate surface area is 126 Å². The number of hydrogen-bond donors (Lipinski definition) is 0. The van der Waals surface area contributed by atoms with E-state index in [2.05, 4.69) is 58.0 Å². The number of ether oxygens (including phenoxy) is 1. The van der Waals surface area contributed by atoms with Crippen LogP contribution in [0.15, 0.2) is 30.3 Å². The summed E-state index contributed by atoms with van der Waals surface area (Å²) in [5, 5.41) is 0. The van der Waals surface area contributed by atoms with Crippen LogP contribution in [0.2, 0.25) is 0 Å². The fraction of sp³-hybridized carbons (Fsp3) is 0.684. The van der Waals surface area contributed by atoms with Crippen molar-refractivity contribution in [2.75, 3.05) is 13.2 Å². The summed E-state index contributed by atoms with van der Waals surface area (Å²) in [6.45, 7) is 11.0. The average Bonchev–Trinajstić information content (AvgIpc) is 2.82. The SMILES string of the molecule is C.CC(C)CC1CCOC1.CC(C)Cc1ccccc1. The molecule has 1 heteroatoms. The van der Waals surface area contributed by atoms with Crippen LogP contribution in [0.4, 0.5) is 0 Å². The second-order valence-corrected chi connectivity index (χ2v) is 6.44. The lowest BCUT2D eigenvalue weighted by Gasteiger charge is -2.08. The molecule has 1 saturated heterocycles. The van der Waals surface area contributed by atoms with Crippen LogP contribution in [0.5, 0.6) is 0 Å². The van der Waals surface area contributed by atoms with Crippen LogP contribution < -0.4 is 0 Å². The normalized spacial score (nSPS) is 17.6. The zero-order chi connectivity index (χ0) is 14.1. The van der Waals surface area contributed by atoms with Gasteiger partial charge in [-0.2, -0.15) is 0 Å². The molecule has 0 radical (unpaired) electrons. The molecule has 0 N–H and O–H groups in total. The summed E-state index contributed by atoms with van der Waals surface area (Å²) in [4.78, 5) is 0. The van der Waals surface area contributed by atoms with Crippen molar-refractivity contribution >= 4 is 0 Å². The summed E-state index contributed by atoms with van der Waals surface area (Å²) in [6, 6.07) is 10.6. The van der Waals surface area contributed by atoms with Gasteiger partial charge in [0.25, 0.3) is 0 Å². The molecule has 1 aliphatic heterocycles. The quantitative estimate of drug-likeness (QED) is 0.697. The third kappa shape index (κ3) is 9.14. The Bertz CT molecular complexity index is 310. The van der Waals surface area contributed by atoms with Crippen LogP contribution >= 0.6 is 0 Å². The van der Waals surface area contributed by atoms with Gasteiger partial charge in [-0.05, 0) is 42.6 Å². The lowest BCUT2D eigenvalue weighted by molar-refractivity contribution is 0.181. The van der Waals surface area contributed by atoms with Gasteiger partial charge in [-0.1, -0.05) is 65.5 Å². The lowest BCUT2D eigenvalue weighted by atomic mass is 9.97. The molecule has 1 aromatic carbocycles. The molecule has 1 fully saturated rings. The second-order valence-electron chi connectivity index (χ2n) is 6.44. The molecule has 2 rings (SSSR count). The molecule has 1 aromatic rings. The van der Waals surface area contributed by atoms with Crippen LogP contribution in [0.3, 0.4) is 0 Å². The Morgan fingerprint density at radius 1 is 1.05 bits per heavy atom. The highest BCUT2D eigenvalue weighted by atomic mass is 16.5. The van der Waals surface area contributed by atoms with Crippen LogP contribution in [-0.2, 0) is 11.2 Å². The van der Waals surface area contributed by atoms with E-state index in [1.165, 1.54) is 24.8 Å². The first-order valence-corrected chi connectivity index (χ1v) is 7.69. The highest BCUT2D eigenvalue weighted by Gasteiger charge is 2.15. The second kappa shape index (κ2) is 10.9. The molecule has 0 aromatic heterocycles. The van der Waals surface area contributed by atoms with E-state index in [1.54, 1.807) is 0 Å². The molecule has 0 saturated carbocycles. The van der Waals surface area contributed by atoms with Crippen molar-refractivity contribution in [1.29, 1.82) is 0 Å². The molecular formula is C19H34O. The number of rotatable bonds is 4. The van der Waals surface area contributed by atoms with Gasteiger partial charge in [0, 0.05) is 13.2 Å². The maximum absolute atomic E-state index is 5.26. The Morgan fingerprint density at radius 2 is 1.70 bits per heavy atom. The fourth-order valence-corrected chi connectivity index (χ4v) is 2.52. The van der Waals surface area contributed by atoms with E-state index in [0.717, 1.165) is 31.0 Å². The van der Waals surface area contributed by atoms with Gasteiger partial charge in [-0.25, -0.2) is 0 Å². The minimum Gasteiger partial charge on any atom is -0.381 e. The van der Waals surface area contributed by atoms with Crippen molar-refractivity contribution in [3.05, 3.63) is 35.9 Å². The molecule has 1 unspecified atom stereocenters. The summed E-state index contributed by atoms with van der Waals surface area (Å²) >= 11 is 0. The van der Waals surface area contributed by atoms with E-state index in [9.17, 15) is 0 Å². The predicted octanol–water partition coefficient (Wildman–Crippen LogP) is 5.59. The first-order valence-electron chi connectivity index (χ1n) is 7.69. The molecule has 1 nitrogen and oxygen atoms in total. The molecule has 0 spiro atoms. The van der Waals surface area contributed by atoms with Gasteiger partial charge in [0.2, 0.25) is 0 Å². The van der Waals surface area contributed by atoms with E-state index in [0.29, 0.717) is 0 Å². The summed E-state index contributed by atoms with van der Waals surface area (Å²) in [5.74, 6) is 2.48. The smallest absolute Gasteiger partial charge is 0.0495 e. The van der Waals surface area contributed by atoms with Gasteiger partial charge < -0.3 is 4.74 Å². The Morgan fingerprint density at radius 3 is 2.15 bits per heavy atom. The van der Waals surface area contributed by atoms with E-state index >= 15 is 0 Å². The molecule has 20 heavy (non-hydrogen) atoms. The number of hydrogen-bond acceptors (Lipinski definition) is 1. The van der Waals surface area contributed by atoms with E-state index in [-0.39, 0.29) is 7.43 Å². The molecule has 1 heterocycles. The summed E-state index contributed by atoms with van der Waals surface area (Å²) in [5.41, 5.74) is 1.44. The van der Waals surface area contributed by atoms with Gasteiger partial charge in [-0.15, -0.1) is 0 Å². The standard InChI is InChI=1S/C10H14.C8H16O.CH4/c1-9(2)8-10-6-4-3-5-7-10;1-7(2)5-8-3-4-9-6-8;/h3-7,9H,8H2,1-2H3;7-8H,3-6H2,1-2H3;1H4. The first-order chi connectivity index (χ1) is 9.08. The van der Waals surface area contributed by atoms with Crippen molar-refractivity contribution in [3.63, 3.8) is 0 Å². The molecule has 1 aliphatic rings. The number of benzene rings is 1. The largest absolute Gasteiger partial charge is 0.381 e. The maximum Gasteiger partial charge on any atom is 0.0495 e. The highest BCUT2D eigenvalue weighted by molar-refractivity contribution is 5.14. The Balaban J connectivity index is 0.000000345. The van der Waals surface area contributed by atoms with Gasteiger partial charge in [-0.3, -0.25) is 0 Å². The zero-order valence-electron chi connectivity index (χ0n) is 13.1. The van der Waals surface area contributed by atoms with Crippen molar-refractivity contribution in [1.82, 2.24) is 0 Å². The summed E-state index contributed by atoms with van der Waals surface area (Å²) in [7, 11) is 0. The average molecular weight is 278 g/mol. The molecule has 0 amide bonds. The van der Waals surface area contributed by atoms with Crippen LogP contribution in [-0.4, -0.2) is 13.2 Å². The van der Waals surface area contributed by atoms with Gasteiger partial charge >= 0.3 is 0 Å². The fourth-order valence-electron chi connectivity index (χ4n) is 2.52. The Kier molecular flexibility index (Phi) is 10.5. The molecule has 0 bridgehead atoms. The van der Waals surface area contributed by atoms with E-state index < -0.39 is 0 Å². The molecule has 1 atom stereocenters. The summed E-state index contributed by atoms with van der Waals surface area (Å²) in [6.07, 6.45) is 3.83. The van der Waals surface area contributed by atoms with Gasteiger partial charge in [0.15, 0.2) is 0 Å². The predicted molar refractivity (Wildman–Crippen MR) is 90.1 cm³/mol. The summed E-state index contributed by atoms with van der Waals surface area (Å²) < 4.78 is 5.26. The topological polar surface area (TPSA) is 9.23 Å². The van der Waals surface area contributed by atoms with Gasteiger partial charge in [0.05, 0.1) is 0 Å². The molecule has 0 aliphatic carbocycles. The van der Waals surface area contributed by atoms with Crippen molar-refractivity contribution in [3.8, 4) is 0 Å². The zero-order valence-corrected chi connectivity index (χ0v) is 13.1. The molecule has 116 valence electrons. The van der Waals surface area contributed by atoms with E-state index in [4.69, 9.17) is 4.74 Å². The van der Waals surface area contributed by atoms with Crippen LogP contribution in [0.1, 0.15) is 53.5 Å². The molecular weight excluding hydrogens is 244 g/mol. The van der Waals surface area contributed by atoms with Crippen LogP contribution in [0.25, 0.3) is 0 Å². The third-order valence-corrected chi connectivity index (χ3v) is 3.32. The lowest BCUT2D eigenvalue weighted by Crippen LogP contribution is -2.02. The first kappa shape index (κ1) is 19.2. The third-order valence-electron chi connectivity index (χ3n) is 3.32. The van der Waals surface area contributed by atoms with Gasteiger partial charge in [0.1, 0.15) is 0 Å². The van der Waals surface area contributed by atoms with Crippen molar-refractivity contribution in [2.24, 2.45) is 17.8 Å². The minimum absolute atomic E-state index is 0. The van der Waals surface area contributed by atoms with Crippen molar-refractivity contribution in [2.45, 2.75) is 54.4 Å². The Hall–Kier alpha value is -0.820. The van der Waals surface area contributed by atoms with Crippen LogP contribution in [0, 0.1) is 17.8 Å².